The van der Waals surface area contributed by atoms with Gasteiger partial charge in [-0.2, -0.15) is 5.26 Å². The van der Waals surface area contributed by atoms with Gasteiger partial charge in [0.05, 0.1) is 24.0 Å². The Bertz CT molecular complexity index is 896. The second-order valence-corrected chi connectivity index (χ2v) is 6.73. The topological polar surface area (TPSA) is 66.0 Å². The highest BCUT2D eigenvalue weighted by atomic mass is 16.4. The van der Waals surface area contributed by atoms with Crippen LogP contribution >= 0.6 is 0 Å². The lowest BCUT2D eigenvalue weighted by molar-refractivity contribution is 0.318. The maximum atomic E-state index is 8.88. The molecular weight excluding hydrogens is 324 g/mol. The van der Waals surface area contributed by atoms with Crippen LogP contribution in [0.25, 0.3) is 0 Å². The summed E-state index contributed by atoms with van der Waals surface area (Å²) < 4.78 is 5.92. The van der Waals surface area contributed by atoms with Crippen molar-refractivity contribution in [1.82, 2.24) is 15.1 Å². The van der Waals surface area contributed by atoms with Crippen molar-refractivity contribution < 1.29 is 4.42 Å². The summed E-state index contributed by atoms with van der Waals surface area (Å²) in [5.41, 5.74) is 3.10. The van der Waals surface area contributed by atoms with Crippen LogP contribution in [0.3, 0.4) is 0 Å². The number of hydrogen-bond donors (Lipinski definition) is 0. The summed E-state index contributed by atoms with van der Waals surface area (Å²) in [7, 11) is 0. The van der Waals surface area contributed by atoms with Crippen molar-refractivity contribution in [3.8, 4) is 6.07 Å². The van der Waals surface area contributed by atoms with Gasteiger partial charge in [-0.3, -0.25) is 4.90 Å². The van der Waals surface area contributed by atoms with Crippen LogP contribution in [0.1, 0.15) is 40.8 Å². The fraction of sp³-hybridized carbons (Fsp3) is 0.286. The lowest BCUT2D eigenvalue weighted by Gasteiger charge is -2.15. The first kappa shape index (κ1) is 16.5. The average molecular weight is 344 g/mol. The quantitative estimate of drug-likeness (QED) is 0.708. The molecule has 1 fully saturated rings. The van der Waals surface area contributed by atoms with Gasteiger partial charge in [0.2, 0.25) is 11.8 Å². The molecule has 0 spiro atoms. The SMILES string of the molecule is N#Cc1ccc(CN2CCC(c3nnc(Cc4ccccc4)o3)C2)cc1. The number of nitriles is 1. The second kappa shape index (κ2) is 7.51. The van der Waals surface area contributed by atoms with E-state index in [2.05, 4.69) is 33.3 Å². The normalized spacial score (nSPS) is 17.3. The Hall–Kier alpha value is -2.97. The van der Waals surface area contributed by atoms with Crippen molar-refractivity contribution in [3.63, 3.8) is 0 Å². The molecule has 0 amide bonds. The zero-order valence-electron chi connectivity index (χ0n) is 14.5. The van der Waals surface area contributed by atoms with Gasteiger partial charge in [0, 0.05) is 13.1 Å². The molecule has 1 atom stereocenters. The zero-order chi connectivity index (χ0) is 17.8. The predicted molar refractivity (Wildman–Crippen MR) is 97.3 cm³/mol. The van der Waals surface area contributed by atoms with E-state index < -0.39 is 0 Å². The molecule has 0 saturated carbocycles. The minimum absolute atomic E-state index is 0.297. The third-order valence-corrected chi connectivity index (χ3v) is 4.79. The summed E-state index contributed by atoms with van der Waals surface area (Å²) in [4.78, 5) is 2.40. The van der Waals surface area contributed by atoms with Gasteiger partial charge < -0.3 is 4.42 Å². The number of rotatable bonds is 5. The number of likely N-dealkylation sites (tertiary alicyclic amines) is 1. The molecule has 0 aliphatic carbocycles. The van der Waals surface area contributed by atoms with Crippen molar-refractivity contribution in [2.24, 2.45) is 0 Å². The molecule has 5 heteroatoms. The van der Waals surface area contributed by atoms with E-state index in [1.54, 1.807) is 0 Å². The molecule has 0 radical (unpaired) electrons. The summed E-state index contributed by atoms with van der Waals surface area (Å²) in [5, 5.41) is 17.4. The van der Waals surface area contributed by atoms with Crippen LogP contribution in [0.2, 0.25) is 0 Å². The fourth-order valence-corrected chi connectivity index (χ4v) is 3.39. The first-order valence-electron chi connectivity index (χ1n) is 8.88. The van der Waals surface area contributed by atoms with E-state index >= 15 is 0 Å². The van der Waals surface area contributed by atoms with Crippen LogP contribution in [0, 0.1) is 11.3 Å². The first-order chi connectivity index (χ1) is 12.8. The lowest BCUT2D eigenvalue weighted by Crippen LogP contribution is -2.19. The monoisotopic (exact) mass is 344 g/mol. The molecule has 5 nitrogen and oxygen atoms in total. The van der Waals surface area contributed by atoms with Crippen LogP contribution in [-0.2, 0) is 13.0 Å². The van der Waals surface area contributed by atoms with Gasteiger partial charge in [0.15, 0.2) is 0 Å². The Labute approximate surface area is 152 Å². The Balaban J connectivity index is 1.35. The van der Waals surface area contributed by atoms with Crippen LogP contribution in [0.5, 0.6) is 0 Å². The first-order valence-corrected chi connectivity index (χ1v) is 8.88. The Morgan fingerprint density at radius 1 is 1.04 bits per heavy atom. The molecule has 2 heterocycles. The molecule has 1 saturated heterocycles. The molecule has 3 aromatic rings. The summed E-state index contributed by atoms with van der Waals surface area (Å²) >= 11 is 0. The highest BCUT2D eigenvalue weighted by molar-refractivity contribution is 5.31. The van der Waals surface area contributed by atoms with Crippen LogP contribution < -0.4 is 0 Å². The van der Waals surface area contributed by atoms with Gasteiger partial charge in [0.25, 0.3) is 0 Å². The Kier molecular flexibility index (Phi) is 4.76. The average Bonchev–Trinajstić information content (AvgIpc) is 3.33. The van der Waals surface area contributed by atoms with E-state index in [1.165, 1.54) is 11.1 Å². The summed E-state index contributed by atoms with van der Waals surface area (Å²) in [5.74, 6) is 1.72. The molecule has 0 bridgehead atoms. The zero-order valence-corrected chi connectivity index (χ0v) is 14.5. The molecule has 1 aliphatic rings. The number of nitrogens with zero attached hydrogens (tertiary/aromatic N) is 4. The highest BCUT2D eigenvalue weighted by Crippen LogP contribution is 2.27. The van der Waals surface area contributed by atoms with Gasteiger partial charge in [-0.1, -0.05) is 42.5 Å². The minimum atomic E-state index is 0.297. The van der Waals surface area contributed by atoms with Crippen LogP contribution in [-0.4, -0.2) is 28.2 Å². The van der Waals surface area contributed by atoms with Gasteiger partial charge in [0.1, 0.15) is 0 Å². The van der Waals surface area contributed by atoms with Crippen LogP contribution in [0.4, 0.5) is 0 Å². The van der Waals surface area contributed by atoms with E-state index in [0.717, 1.165) is 31.9 Å². The molecule has 1 aliphatic heterocycles. The van der Waals surface area contributed by atoms with Crippen molar-refractivity contribution in [1.29, 1.82) is 5.26 Å². The lowest BCUT2D eigenvalue weighted by atomic mass is 10.1. The summed E-state index contributed by atoms with van der Waals surface area (Å²) in [6.07, 6.45) is 1.71. The van der Waals surface area contributed by atoms with Gasteiger partial charge in [-0.15, -0.1) is 10.2 Å². The van der Waals surface area contributed by atoms with E-state index in [-0.39, 0.29) is 0 Å². The Morgan fingerprint density at radius 3 is 2.62 bits per heavy atom. The number of hydrogen-bond acceptors (Lipinski definition) is 5. The molecule has 130 valence electrons. The maximum absolute atomic E-state index is 8.88. The molecule has 0 N–H and O–H groups in total. The second-order valence-electron chi connectivity index (χ2n) is 6.73. The minimum Gasteiger partial charge on any atom is -0.425 e. The van der Waals surface area contributed by atoms with Crippen LogP contribution in [0.15, 0.2) is 59.0 Å². The molecule has 1 unspecified atom stereocenters. The summed E-state index contributed by atoms with van der Waals surface area (Å²) in [6, 6.07) is 20.1. The predicted octanol–water partition coefficient (Wildman–Crippen LogP) is 3.52. The molecule has 26 heavy (non-hydrogen) atoms. The number of aromatic nitrogens is 2. The van der Waals surface area contributed by atoms with Gasteiger partial charge >= 0.3 is 0 Å². The molecule has 4 rings (SSSR count). The van der Waals surface area contributed by atoms with Crippen molar-refractivity contribution in [2.75, 3.05) is 13.1 Å². The van der Waals surface area contributed by atoms with Crippen molar-refractivity contribution in [2.45, 2.75) is 25.3 Å². The van der Waals surface area contributed by atoms with Gasteiger partial charge in [-0.05, 0) is 36.2 Å². The van der Waals surface area contributed by atoms with Gasteiger partial charge in [-0.25, -0.2) is 0 Å². The maximum Gasteiger partial charge on any atom is 0.220 e. The van der Waals surface area contributed by atoms with Crippen molar-refractivity contribution >= 4 is 0 Å². The fourth-order valence-electron chi connectivity index (χ4n) is 3.39. The third-order valence-electron chi connectivity index (χ3n) is 4.79. The molecular formula is C21H20N4O. The van der Waals surface area contributed by atoms with E-state index in [4.69, 9.17) is 9.68 Å². The third kappa shape index (κ3) is 3.81. The molecule has 2 aromatic carbocycles. The largest absolute Gasteiger partial charge is 0.425 e. The van der Waals surface area contributed by atoms with E-state index in [1.807, 2.05) is 42.5 Å². The standard InChI is InChI=1S/C21H20N4O/c22-13-17-6-8-18(9-7-17)14-25-11-10-19(15-25)21-24-23-20(26-21)12-16-4-2-1-3-5-16/h1-9,19H,10-12,14-15H2. The smallest absolute Gasteiger partial charge is 0.220 e. The highest BCUT2D eigenvalue weighted by Gasteiger charge is 2.28. The molecule has 1 aromatic heterocycles. The summed E-state index contributed by atoms with van der Waals surface area (Å²) in [6.45, 7) is 2.82. The number of benzene rings is 2. The van der Waals surface area contributed by atoms with E-state index in [9.17, 15) is 0 Å². The Morgan fingerprint density at radius 2 is 1.85 bits per heavy atom. The van der Waals surface area contributed by atoms with E-state index in [0.29, 0.717) is 23.8 Å². The van der Waals surface area contributed by atoms with Crippen molar-refractivity contribution in [3.05, 3.63) is 83.1 Å².